The van der Waals surface area contributed by atoms with Gasteiger partial charge in [-0.25, -0.2) is 4.99 Å². The zero-order valence-electron chi connectivity index (χ0n) is 11.1. The Labute approximate surface area is 109 Å². The highest BCUT2D eigenvalue weighted by molar-refractivity contribution is 5.99. The molecule has 0 fully saturated rings. The first-order valence-electron chi connectivity index (χ1n) is 6.05. The Morgan fingerprint density at radius 1 is 0.889 bits per heavy atom. The number of amidine groups is 1. The van der Waals surface area contributed by atoms with E-state index in [9.17, 15) is 0 Å². The number of hydrogen-bond acceptors (Lipinski definition) is 1. The first-order valence-corrected chi connectivity index (χ1v) is 6.05. The van der Waals surface area contributed by atoms with Crippen LogP contribution in [0.1, 0.15) is 11.1 Å². The van der Waals surface area contributed by atoms with Gasteiger partial charge in [0.15, 0.2) is 0 Å². The Bertz CT molecular complexity index is 525. The van der Waals surface area contributed by atoms with Gasteiger partial charge in [0, 0.05) is 19.7 Å². The van der Waals surface area contributed by atoms with Gasteiger partial charge in [-0.05, 0) is 19.1 Å². The molecule has 0 amide bonds. The largest absolute Gasteiger partial charge is 0.362 e. The van der Waals surface area contributed by atoms with E-state index in [1.54, 1.807) is 0 Å². The summed E-state index contributed by atoms with van der Waals surface area (Å²) in [7, 11) is 4.03. The number of aryl methyl sites for hydroxylation is 1. The van der Waals surface area contributed by atoms with Gasteiger partial charge in [-0.1, -0.05) is 48.0 Å². The zero-order valence-corrected chi connectivity index (χ0v) is 11.1. The second kappa shape index (κ2) is 5.50. The average molecular weight is 238 g/mol. The maximum Gasteiger partial charge on any atom is 0.136 e. The summed E-state index contributed by atoms with van der Waals surface area (Å²) < 4.78 is 0. The summed E-state index contributed by atoms with van der Waals surface area (Å²) in [4.78, 5) is 6.75. The van der Waals surface area contributed by atoms with Crippen molar-refractivity contribution in [3.8, 4) is 0 Å². The van der Waals surface area contributed by atoms with E-state index in [4.69, 9.17) is 4.99 Å². The topological polar surface area (TPSA) is 15.6 Å². The van der Waals surface area contributed by atoms with Crippen molar-refractivity contribution in [1.82, 2.24) is 4.90 Å². The van der Waals surface area contributed by atoms with Crippen LogP contribution in [0, 0.1) is 6.92 Å². The molecule has 0 atom stereocenters. The van der Waals surface area contributed by atoms with Crippen molar-refractivity contribution < 1.29 is 0 Å². The predicted molar refractivity (Wildman–Crippen MR) is 77.5 cm³/mol. The van der Waals surface area contributed by atoms with Crippen LogP contribution in [-0.2, 0) is 0 Å². The van der Waals surface area contributed by atoms with Crippen LogP contribution in [-0.4, -0.2) is 24.8 Å². The van der Waals surface area contributed by atoms with E-state index in [1.807, 2.05) is 49.3 Å². The minimum atomic E-state index is 0.972. The van der Waals surface area contributed by atoms with Crippen LogP contribution in [0.4, 0.5) is 5.69 Å². The minimum Gasteiger partial charge on any atom is -0.362 e. The van der Waals surface area contributed by atoms with Gasteiger partial charge in [0.25, 0.3) is 0 Å². The highest BCUT2D eigenvalue weighted by Gasteiger charge is 2.05. The summed E-state index contributed by atoms with van der Waals surface area (Å²) in [5.74, 6) is 0.972. The summed E-state index contributed by atoms with van der Waals surface area (Å²) >= 11 is 0. The smallest absolute Gasteiger partial charge is 0.136 e. The highest BCUT2D eigenvalue weighted by Crippen LogP contribution is 2.15. The van der Waals surface area contributed by atoms with Crippen molar-refractivity contribution in [1.29, 1.82) is 0 Å². The van der Waals surface area contributed by atoms with Crippen LogP contribution >= 0.6 is 0 Å². The Kier molecular flexibility index (Phi) is 3.78. The lowest BCUT2D eigenvalue weighted by molar-refractivity contribution is 0.624. The molecule has 0 N–H and O–H groups in total. The van der Waals surface area contributed by atoms with Crippen molar-refractivity contribution in [2.45, 2.75) is 6.92 Å². The number of nitrogens with zero attached hydrogens (tertiary/aromatic N) is 2. The monoisotopic (exact) mass is 238 g/mol. The van der Waals surface area contributed by atoms with E-state index in [0.717, 1.165) is 17.1 Å². The summed E-state index contributed by atoms with van der Waals surface area (Å²) in [6.45, 7) is 2.08. The quantitative estimate of drug-likeness (QED) is 0.576. The van der Waals surface area contributed by atoms with Gasteiger partial charge in [-0.2, -0.15) is 0 Å². The van der Waals surface area contributed by atoms with Crippen LogP contribution in [0.25, 0.3) is 0 Å². The molecule has 2 nitrogen and oxygen atoms in total. The molecule has 0 unspecified atom stereocenters. The van der Waals surface area contributed by atoms with Gasteiger partial charge in [0.2, 0.25) is 0 Å². The molecule has 0 saturated heterocycles. The molecule has 0 bridgehead atoms. The molecule has 2 aromatic rings. The maximum absolute atomic E-state index is 4.71. The molecule has 0 spiro atoms. The summed E-state index contributed by atoms with van der Waals surface area (Å²) in [5.41, 5.74) is 3.36. The van der Waals surface area contributed by atoms with Crippen LogP contribution in [0.5, 0.6) is 0 Å². The van der Waals surface area contributed by atoms with Crippen molar-refractivity contribution in [2.24, 2.45) is 4.99 Å². The van der Waals surface area contributed by atoms with E-state index in [-0.39, 0.29) is 0 Å². The third-order valence-corrected chi connectivity index (χ3v) is 2.72. The summed E-state index contributed by atoms with van der Waals surface area (Å²) in [6, 6.07) is 18.5. The van der Waals surface area contributed by atoms with Crippen molar-refractivity contribution in [2.75, 3.05) is 14.1 Å². The Morgan fingerprint density at radius 2 is 1.50 bits per heavy atom. The molecule has 2 rings (SSSR count). The second-order valence-corrected chi connectivity index (χ2v) is 4.53. The van der Waals surface area contributed by atoms with Crippen molar-refractivity contribution in [3.05, 3.63) is 65.7 Å². The third-order valence-electron chi connectivity index (χ3n) is 2.72. The van der Waals surface area contributed by atoms with Crippen molar-refractivity contribution in [3.63, 3.8) is 0 Å². The average Bonchev–Trinajstić information content (AvgIpc) is 2.38. The van der Waals surface area contributed by atoms with Gasteiger partial charge in [0.1, 0.15) is 5.84 Å². The molecule has 0 aromatic heterocycles. The number of aliphatic imine (C=N–C) groups is 1. The zero-order chi connectivity index (χ0) is 13.0. The molecule has 92 valence electrons. The number of hydrogen-bond donors (Lipinski definition) is 0. The lowest BCUT2D eigenvalue weighted by atomic mass is 10.2. The molecule has 2 heteroatoms. The van der Waals surface area contributed by atoms with Gasteiger partial charge in [0.05, 0.1) is 5.69 Å². The SMILES string of the molecule is Cc1ccc(N=C(c2ccccc2)N(C)C)cc1. The van der Waals surface area contributed by atoms with Crippen LogP contribution < -0.4 is 0 Å². The fourth-order valence-corrected chi connectivity index (χ4v) is 1.75. The molecule has 18 heavy (non-hydrogen) atoms. The third kappa shape index (κ3) is 2.98. The minimum absolute atomic E-state index is 0.972. The van der Waals surface area contributed by atoms with Crippen LogP contribution in [0.3, 0.4) is 0 Å². The Balaban J connectivity index is 2.39. The van der Waals surface area contributed by atoms with Gasteiger partial charge >= 0.3 is 0 Å². The molecule has 2 aromatic carbocycles. The van der Waals surface area contributed by atoms with Gasteiger partial charge in [-0.15, -0.1) is 0 Å². The van der Waals surface area contributed by atoms with Crippen molar-refractivity contribution >= 4 is 11.5 Å². The Hall–Kier alpha value is -2.09. The Morgan fingerprint density at radius 3 is 2.06 bits per heavy atom. The summed E-state index contributed by atoms with van der Waals surface area (Å²) in [6.07, 6.45) is 0. The standard InChI is InChI=1S/C16H18N2/c1-13-9-11-15(12-10-13)17-16(18(2)3)14-7-5-4-6-8-14/h4-12H,1-3H3. The summed E-state index contributed by atoms with van der Waals surface area (Å²) in [5, 5.41) is 0. The van der Waals surface area contributed by atoms with Crippen LogP contribution in [0.15, 0.2) is 59.6 Å². The number of benzene rings is 2. The predicted octanol–water partition coefficient (Wildman–Crippen LogP) is 3.63. The molecule has 0 radical (unpaired) electrons. The molecule has 0 aliphatic carbocycles. The highest BCUT2D eigenvalue weighted by atomic mass is 15.1. The second-order valence-electron chi connectivity index (χ2n) is 4.53. The van der Waals surface area contributed by atoms with E-state index < -0.39 is 0 Å². The molecule has 0 aliphatic rings. The normalized spacial score (nSPS) is 11.4. The van der Waals surface area contributed by atoms with E-state index >= 15 is 0 Å². The van der Waals surface area contributed by atoms with E-state index in [0.29, 0.717) is 0 Å². The molecular weight excluding hydrogens is 220 g/mol. The number of rotatable bonds is 2. The van der Waals surface area contributed by atoms with Crippen LogP contribution in [0.2, 0.25) is 0 Å². The van der Waals surface area contributed by atoms with E-state index in [1.165, 1.54) is 5.56 Å². The first-order chi connectivity index (χ1) is 8.66. The lowest BCUT2D eigenvalue weighted by Crippen LogP contribution is -2.22. The van der Waals surface area contributed by atoms with E-state index in [2.05, 4.69) is 31.2 Å². The molecule has 0 aliphatic heterocycles. The molecular formula is C16H18N2. The van der Waals surface area contributed by atoms with Gasteiger partial charge < -0.3 is 4.90 Å². The first kappa shape index (κ1) is 12.4. The lowest BCUT2D eigenvalue weighted by Gasteiger charge is -2.16. The maximum atomic E-state index is 4.71. The molecule has 0 saturated carbocycles. The van der Waals surface area contributed by atoms with Gasteiger partial charge in [-0.3, -0.25) is 0 Å². The fourth-order valence-electron chi connectivity index (χ4n) is 1.75. The molecule has 0 heterocycles. The fraction of sp³-hybridized carbons (Fsp3) is 0.188.